The number of fused-ring (bicyclic) bond motifs is 1. The highest BCUT2D eigenvalue weighted by Gasteiger charge is 2.11. The third kappa shape index (κ3) is 4.06. The van der Waals surface area contributed by atoms with Gasteiger partial charge in [0.1, 0.15) is 5.52 Å². The van der Waals surface area contributed by atoms with E-state index >= 15 is 0 Å². The normalized spacial score (nSPS) is 10.9. The van der Waals surface area contributed by atoms with Crippen LogP contribution >= 0.6 is 0 Å². The van der Waals surface area contributed by atoms with E-state index in [0.29, 0.717) is 30.0 Å². The topological polar surface area (TPSA) is 55.1 Å². The zero-order valence-corrected chi connectivity index (χ0v) is 15.1. The molecule has 27 heavy (non-hydrogen) atoms. The summed E-state index contributed by atoms with van der Waals surface area (Å²) < 4.78 is 5.85. The molecule has 3 aromatic carbocycles. The van der Waals surface area contributed by atoms with Gasteiger partial charge in [0.25, 0.3) is 5.91 Å². The average Bonchev–Trinajstić information content (AvgIpc) is 3.09. The van der Waals surface area contributed by atoms with Gasteiger partial charge < -0.3 is 9.73 Å². The van der Waals surface area contributed by atoms with Gasteiger partial charge in [-0.3, -0.25) is 4.79 Å². The Labute approximate surface area is 157 Å². The molecule has 4 nitrogen and oxygen atoms in total. The van der Waals surface area contributed by atoms with Crippen molar-refractivity contribution in [2.24, 2.45) is 0 Å². The van der Waals surface area contributed by atoms with Crippen LogP contribution in [-0.2, 0) is 13.0 Å². The van der Waals surface area contributed by atoms with Crippen molar-refractivity contribution >= 4 is 17.0 Å². The minimum absolute atomic E-state index is 0.126. The maximum atomic E-state index is 12.5. The van der Waals surface area contributed by atoms with E-state index in [4.69, 9.17) is 4.42 Å². The quantitative estimate of drug-likeness (QED) is 0.566. The van der Waals surface area contributed by atoms with Crippen LogP contribution in [0, 0.1) is 6.92 Å². The van der Waals surface area contributed by atoms with Crippen molar-refractivity contribution in [1.82, 2.24) is 10.3 Å². The Kier molecular flexibility index (Phi) is 4.71. The molecule has 1 amide bonds. The molecule has 0 radical (unpaired) electrons. The molecule has 1 heterocycles. The Hall–Kier alpha value is -3.40. The van der Waals surface area contributed by atoms with Crippen LogP contribution in [0.3, 0.4) is 0 Å². The first-order valence-corrected chi connectivity index (χ1v) is 8.94. The standard InChI is InChI=1S/C23H20N2O2/c1-16-7-9-18(10-8-16)15-24-23(26)19-11-12-20-21(14-19)27-22(25-20)13-17-5-3-2-4-6-17/h2-12,14H,13,15H2,1H3,(H,24,26). The van der Waals surface area contributed by atoms with Crippen molar-refractivity contribution < 1.29 is 9.21 Å². The Balaban J connectivity index is 1.47. The number of rotatable bonds is 5. The van der Waals surface area contributed by atoms with Crippen molar-refractivity contribution in [3.05, 3.63) is 101 Å². The fraction of sp³-hybridized carbons (Fsp3) is 0.130. The fourth-order valence-corrected chi connectivity index (χ4v) is 2.95. The molecule has 0 saturated carbocycles. The Bertz CT molecular complexity index is 1070. The lowest BCUT2D eigenvalue weighted by Crippen LogP contribution is -2.22. The van der Waals surface area contributed by atoms with Crippen LogP contribution in [0.25, 0.3) is 11.1 Å². The molecule has 134 valence electrons. The Morgan fingerprint density at radius 3 is 2.52 bits per heavy atom. The van der Waals surface area contributed by atoms with Gasteiger partial charge in [0.05, 0.1) is 0 Å². The van der Waals surface area contributed by atoms with E-state index in [0.717, 1.165) is 16.6 Å². The zero-order chi connectivity index (χ0) is 18.6. The third-order valence-electron chi connectivity index (χ3n) is 4.47. The van der Waals surface area contributed by atoms with Gasteiger partial charge >= 0.3 is 0 Å². The van der Waals surface area contributed by atoms with E-state index in [9.17, 15) is 4.79 Å². The highest BCUT2D eigenvalue weighted by molar-refractivity contribution is 5.97. The van der Waals surface area contributed by atoms with E-state index in [-0.39, 0.29) is 5.91 Å². The summed E-state index contributed by atoms with van der Waals surface area (Å²) in [6.45, 7) is 2.54. The molecular formula is C23H20N2O2. The average molecular weight is 356 g/mol. The molecule has 4 heteroatoms. The lowest BCUT2D eigenvalue weighted by Gasteiger charge is -2.05. The first-order valence-electron chi connectivity index (χ1n) is 8.94. The molecule has 4 aromatic rings. The SMILES string of the molecule is Cc1ccc(CNC(=O)c2ccc3nc(Cc4ccccc4)oc3c2)cc1. The Morgan fingerprint density at radius 2 is 1.74 bits per heavy atom. The second kappa shape index (κ2) is 7.46. The summed E-state index contributed by atoms with van der Waals surface area (Å²) in [4.78, 5) is 17.0. The molecule has 0 unspecified atom stereocenters. The number of nitrogens with zero attached hydrogens (tertiary/aromatic N) is 1. The first kappa shape index (κ1) is 17.0. The van der Waals surface area contributed by atoms with Gasteiger partial charge in [-0.2, -0.15) is 0 Å². The van der Waals surface area contributed by atoms with E-state index in [2.05, 4.69) is 10.3 Å². The minimum atomic E-state index is -0.126. The monoisotopic (exact) mass is 356 g/mol. The predicted octanol–water partition coefficient (Wildman–Crippen LogP) is 4.66. The summed E-state index contributed by atoms with van der Waals surface area (Å²) in [5, 5.41) is 2.95. The number of benzene rings is 3. The van der Waals surface area contributed by atoms with Crippen LogP contribution in [0.5, 0.6) is 0 Å². The van der Waals surface area contributed by atoms with Gasteiger partial charge in [-0.1, -0.05) is 60.2 Å². The largest absolute Gasteiger partial charge is 0.440 e. The summed E-state index contributed by atoms with van der Waals surface area (Å²) >= 11 is 0. The number of aromatic nitrogens is 1. The van der Waals surface area contributed by atoms with Gasteiger partial charge in [0.15, 0.2) is 11.5 Å². The van der Waals surface area contributed by atoms with Crippen molar-refractivity contribution in [1.29, 1.82) is 0 Å². The van der Waals surface area contributed by atoms with Gasteiger partial charge in [-0.25, -0.2) is 4.98 Å². The number of carbonyl (C=O) groups is 1. The van der Waals surface area contributed by atoms with Gasteiger partial charge in [-0.15, -0.1) is 0 Å². The van der Waals surface area contributed by atoms with Crippen molar-refractivity contribution in [2.45, 2.75) is 19.9 Å². The van der Waals surface area contributed by atoms with Gasteiger partial charge in [-0.05, 0) is 36.2 Å². The molecule has 0 bridgehead atoms. The highest BCUT2D eigenvalue weighted by atomic mass is 16.3. The molecule has 0 aliphatic rings. The smallest absolute Gasteiger partial charge is 0.251 e. The van der Waals surface area contributed by atoms with Crippen LogP contribution in [0.2, 0.25) is 0 Å². The van der Waals surface area contributed by atoms with Gasteiger partial charge in [0.2, 0.25) is 0 Å². The second-order valence-corrected chi connectivity index (χ2v) is 6.62. The maximum absolute atomic E-state index is 12.5. The van der Waals surface area contributed by atoms with Crippen LogP contribution in [0.1, 0.15) is 32.9 Å². The minimum Gasteiger partial charge on any atom is -0.440 e. The number of nitrogens with one attached hydrogen (secondary N) is 1. The summed E-state index contributed by atoms with van der Waals surface area (Å²) in [6, 6.07) is 23.5. The number of carbonyl (C=O) groups excluding carboxylic acids is 1. The maximum Gasteiger partial charge on any atom is 0.251 e. The molecular weight excluding hydrogens is 336 g/mol. The first-order chi connectivity index (χ1) is 13.2. The number of hydrogen-bond acceptors (Lipinski definition) is 3. The number of hydrogen-bond donors (Lipinski definition) is 1. The predicted molar refractivity (Wildman–Crippen MR) is 106 cm³/mol. The molecule has 0 spiro atoms. The van der Waals surface area contributed by atoms with E-state index < -0.39 is 0 Å². The van der Waals surface area contributed by atoms with Crippen LogP contribution in [0.15, 0.2) is 77.2 Å². The molecule has 0 saturated heterocycles. The molecule has 4 rings (SSSR count). The molecule has 0 atom stereocenters. The molecule has 0 fully saturated rings. The van der Waals surface area contributed by atoms with Crippen LogP contribution < -0.4 is 5.32 Å². The van der Waals surface area contributed by atoms with E-state index in [1.54, 1.807) is 12.1 Å². The van der Waals surface area contributed by atoms with Crippen LogP contribution in [0.4, 0.5) is 0 Å². The number of aryl methyl sites for hydroxylation is 1. The number of oxazole rings is 1. The summed E-state index contributed by atoms with van der Waals surface area (Å²) in [6.07, 6.45) is 0.629. The second-order valence-electron chi connectivity index (χ2n) is 6.62. The summed E-state index contributed by atoms with van der Waals surface area (Å²) in [5.41, 5.74) is 5.36. The van der Waals surface area contributed by atoms with Crippen molar-refractivity contribution in [3.63, 3.8) is 0 Å². The molecule has 1 aromatic heterocycles. The van der Waals surface area contributed by atoms with Crippen molar-refractivity contribution in [2.75, 3.05) is 0 Å². The lowest BCUT2D eigenvalue weighted by atomic mass is 10.1. The summed E-state index contributed by atoms with van der Waals surface area (Å²) in [5.74, 6) is 0.520. The van der Waals surface area contributed by atoms with E-state index in [1.807, 2.05) is 67.6 Å². The molecule has 1 N–H and O–H groups in total. The summed E-state index contributed by atoms with van der Waals surface area (Å²) in [7, 11) is 0. The molecule has 0 aliphatic heterocycles. The van der Waals surface area contributed by atoms with Gasteiger partial charge in [0, 0.05) is 18.5 Å². The Morgan fingerprint density at radius 1 is 0.963 bits per heavy atom. The third-order valence-corrected chi connectivity index (χ3v) is 4.47. The zero-order valence-electron chi connectivity index (χ0n) is 15.1. The molecule has 0 aliphatic carbocycles. The lowest BCUT2D eigenvalue weighted by molar-refractivity contribution is 0.0951. The van der Waals surface area contributed by atoms with E-state index in [1.165, 1.54) is 5.56 Å². The van der Waals surface area contributed by atoms with Crippen molar-refractivity contribution in [3.8, 4) is 0 Å². The number of amides is 1. The van der Waals surface area contributed by atoms with Crippen LogP contribution in [-0.4, -0.2) is 10.9 Å². The fourth-order valence-electron chi connectivity index (χ4n) is 2.95. The highest BCUT2D eigenvalue weighted by Crippen LogP contribution is 2.19.